The Hall–Kier alpha value is -1.33. The van der Waals surface area contributed by atoms with Crippen LogP contribution in [0.4, 0.5) is 0 Å². The minimum absolute atomic E-state index is 0.200. The van der Waals surface area contributed by atoms with E-state index in [4.69, 9.17) is 14.9 Å². The molecule has 2 N–H and O–H groups in total. The normalized spacial score (nSPS) is 24.4. The molecule has 5 nitrogen and oxygen atoms in total. The van der Waals surface area contributed by atoms with Crippen molar-refractivity contribution < 1.29 is 13.9 Å². The van der Waals surface area contributed by atoms with E-state index in [0.717, 1.165) is 13.1 Å². The van der Waals surface area contributed by atoms with Crippen LogP contribution in [0, 0.1) is 5.92 Å². The van der Waals surface area contributed by atoms with Crippen LogP contribution in [-0.4, -0.2) is 36.6 Å². The van der Waals surface area contributed by atoms with E-state index in [1.165, 1.54) is 6.26 Å². The van der Waals surface area contributed by atoms with Gasteiger partial charge in [0.25, 0.3) is 0 Å². The summed E-state index contributed by atoms with van der Waals surface area (Å²) in [5.74, 6) is 0.818. The molecule has 1 aromatic heterocycles. The molecular formula is C13H20N2O3. The van der Waals surface area contributed by atoms with Crippen molar-refractivity contribution in [1.29, 1.82) is 0 Å². The molecule has 0 spiro atoms. The van der Waals surface area contributed by atoms with Gasteiger partial charge in [0.1, 0.15) is 11.3 Å². The molecule has 2 unspecified atom stereocenters. The molecule has 0 radical (unpaired) electrons. The molecule has 0 bridgehead atoms. The summed E-state index contributed by atoms with van der Waals surface area (Å²) >= 11 is 0. The summed E-state index contributed by atoms with van der Waals surface area (Å²) in [6.07, 6.45) is 1.53. The molecule has 2 rings (SSSR count). The maximum absolute atomic E-state index is 11.7. The molecule has 0 aliphatic carbocycles. The molecule has 1 saturated heterocycles. The third kappa shape index (κ3) is 2.73. The number of esters is 1. The molecular weight excluding hydrogens is 232 g/mol. The number of rotatable bonds is 4. The van der Waals surface area contributed by atoms with Crippen LogP contribution >= 0.6 is 0 Å². The molecule has 1 aliphatic rings. The van der Waals surface area contributed by atoms with Crippen LogP contribution in [0.15, 0.2) is 16.7 Å². The molecule has 2 heterocycles. The molecule has 1 fully saturated rings. The smallest absolute Gasteiger partial charge is 0.341 e. The minimum Gasteiger partial charge on any atom is -0.467 e. The van der Waals surface area contributed by atoms with Crippen LogP contribution in [0.3, 0.4) is 0 Å². The summed E-state index contributed by atoms with van der Waals surface area (Å²) in [7, 11) is 0. The molecule has 0 amide bonds. The fourth-order valence-electron chi connectivity index (χ4n) is 2.28. The Morgan fingerprint density at radius 2 is 2.39 bits per heavy atom. The maximum Gasteiger partial charge on any atom is 0.341 e. The van der Waals surface area contributed by atoms with Crippen molar-refractivity contribution in [2.24, 2.45) is 11.7 Å². The van der Waals surface area contributed by atoms with E-state index in [9.17, 15) is 4.79 Å². The van der Waals surface area contributed by atoms with Gasteiger partial charge < -0.3 is 14.9 Å². The van der Waals surface area contributed by atoms with Crippen LogP contribution in [-0.2, 0) is 11.3 Å². The van der Waals surface area contributed by atoms with E-state index in [2.05, 4.69) is 11.8 Å². The van der Waals surface area contributed by atoms with Crippen molar-refractivity contribution in [3.05, 3.63) is 23.7 Å². The second-order valence-electron chi connectivity index (χ2n) is 4.81. The lowest BCUT2D eigenvalue weighted by Gasteiger charge is -2.14. The van der Waals surface area contributed by atoms with Gasteiger partial charge in [0.15, 0.2) is 0 Å². The summed E-state index contributed by atoms with van der Waals surface area (Å²) in [6.45, 7) is 6.68. The molecule has 1 aliphatic heterocycles. The Morgan fingerprint density at radius 3 is 3.00 bits per heavy atom. The zero-order valence-electron chi connectivity index (χ0n) is 10.9. The van der Waals surface area contributed by atoms with Gasteiger partial charge in [-0.05, 0) is 18.9 Å². The highest BCUT2D eigenvalue weighted by atomic mass is 16.5. The first-order valence-electron chi connectivity index (χ1n) is 6.33. The van der Waals surface area contributed by atoms with Crippen molar-refractivity contribution in [3.8, 4) is 0 Å². The fourth-order valence-corrected chi connectivity index (χ4v) is 2.28. The number of likely N-dealkylation sites (tertiary alicyclic amines) is 1. The highest BCUT2D eigenvalue weighted by Gasteiger charge is 2.28. The number of hydrogen-bond acceptors (Lipinski definition) is 5. The van der Waals surface area contributed by atoms with Gasteiger partial charge in [-0.15, -0.1) is 0 Å². The van der Waals surface area contributed by atoms with Crippen molar-refractivity contribution >= 4 is 5.97 Å². The summed E-state index contributed by atoms with van der Waals surface area (Å²) in [4.78, 5) is 13.9. The summed E-state index contributed by atoms with van der Waals surface area (Å²) < 4.78 is 10.4. The van der Waals surface area contributed by atoms with Crippen molar-refractivity contribution in [1.82, 2.24) is 4.90 Å². The van der Waals surface area contributed by atoms with E-state index < -0.39 is 0 Å². The Kier molecular flexibility index (Phi) is 4.04. The highest BCUT2D eigenvalue weighted by Crippen LogP contribution is 2.20. The number of ether oxygens (including phenoxy) is 1. The van der Waals surface area contributed by atoms with Crippen LogP contribution in [0.1, 0.15) is 30.0 Å². The molecule has 2 atom stereocenters. The van der Waals surface area contributed by atoms with Crippen LogP contribution in [0.5, 0.6) is 0 Å². The standard InChI is InChI=1S/C13H20N2O3/c1-3-17-13(16)10-4-5-18-12(10)8-15-6-9(2)11(14)7-15/h4-5,9,11H,3,6-8,14H2,1-2H3. The van der Waals surface area contributed by atoms with Gasteiger partial charge >= 0.3 is 5.97 Å². The Morgan fingerprint density at radius 1 is 1.61 bits per heavy atom. The quantitative estimate of drug-likeness (QED) is 0.816. The number of nitrogens with zero attached hydrogens (tertiary/aromatic N) is 1. The third-order valence-electron chi connectivity index (χ3n) is 3.35. The van der Waals surface area contributed by atoms with E-state index in [1.54, 1.807) is 13.0 Å². The number of carbonyl (C=O) groups excluding carboxylic acids is 1. The zero-order chi connectivity index (χ0) is 13.1. The van der Waals surface area contributed by atoms with E-state index >= 15 is 0 Å². The van der Waals surface area contributed by atoms with E-state index in [1.807, 2.05) is 0 Å². The second-order valence-corrected chi connectivity index (χ2v) is 4.81. The average Bonchev–Trinajstić information content (AvgIpc) is 2.88. The summed E-state index contributed by atoms with van der Waals surface area (Å²) in [5.41, 5.74) is 6.50. The molecule has 18 heavy (non-hydrogen) atoms. The lowest BCUT2D eigenvalue weighted by molar-refractivity contribution is 0.0522. The fraction of sp³-hybridized carbons (Fsp3) is 0.615. The number of nitrogens with two attached hydrogens (primary N) is 1. The summed E-state index contributed by atoms with van der Waals surface area (Å²) in [6, 6.07) is 1.86. The number of carbonyl (C=O) groups is 1. The monoisotopic (exact) mass is 252 g/mol. The number of hydrogen-bond donors (Lipinski definition) is 1. The second kappa shape index (κ2) is 5.54. The van der Waals surface area contributed by atoms with Gasteiger partial charge in [-0.25, -0.2) is 4.79 Å². The largest absolute Gasteiger partial charge is 0.467 e. The van der Waals surface area contributed by atoms with Gasteiger partial charge in [0, 0.05) is 19.1 Å². The Balaban J connectivity index is 2.02. The van der Waals surface area contributed by atoms with Gasteiger partial charge in [-0.1, -0.05) is 6.92 Å². The Labute approximate surface area is 107 Å². The topological polar surface area (TPSA) is 68.7 Å². The maximum atomic E-state index is 11.7. The van der Waals surface area contributed by atoms with Crippen LogP contribution in [0.2, 0.25) is 0 Å². The van der Waals surface area contributed by atoms with Crippen LogP contribution in [0.25, 0.3) is 0 Å². The highest BCUT2D eigenvalue weighted by molar-refractivity contribution is 5.90. The SMILES string of the molecule is CCOC(=O)c1ccoc1CN1CC(C)C(N)C1. The van der Waals surface area contributed by atoms with Crippen molar-refractivity contribution in [2.75, 3.05) is 19.7 Å². The van der Waals surface area contributed by atoms with Gasteiger partial charge in [-0.3, -0.25) is 4.90 Å². The van der Waals surface area contributed by atoms with E-state index in [0.29, 0.717) is 30.4 Å². The van der Waals surface area contributed by atoms with Crippen molar-refractivity contribution in [3.63, 3.8) is 0 Å². The molecule has 1 aromatic rings. The first kappa shape index (κ1) is 13.1. The molecule has 5 heteroatoms. The summed E-state index contributed by atoms with van der Waals surface area (Å²) in [5, 5.41) is 0. The van der Waals surface area contributed by atoms with Crippen molar-refractivity contribution in [2.45, 2.75) is 26.4 Å². The average molecular weight is 252 g/mol. The first-order chi connectivity index (χ1) is 8.61. The predicted octanol–water partition coefficient (Wildman–Crippen LogP) is 1.24. The lowest BCUT2D eigenvalue weighted by atomic mass is 10.1. The molecule has 0 saturated carbocycles. The van der Waals surface area contributed by atoms with Gasteiger partial charge in [-0.2, -0.15) is 0 Å². The third-order valence-corrected chi connectivity index (χ3v) is 3.35. The van der Waals surface area contributed by atoms with Gasteiger partial charge in [0.05, 0.1) is 19.4 Å². The lowest BCUT2D eigenvalue weighted by Crippen LogP contribution is -2.28. The number of furan rings is 1. The minimum atomic E-state index is -0.321. The van der Waals surface area contributed by atoms with Gasteiger partial charge in [0.2, 0.25) is 0 Å². The predicted molar refractivity (Wildman–Crippen MR) is 67.1 cm³/mol. The Bertz CT molecular complexity index is 406. The van der Waals surface area contributed by atoms with Crippen LogP contribution < -0.4 is 5.73 Å². The first-order valence-corrected chi connectivity index (χ1v) is 6.33. The molecule has 100 valence electrons. The molecule has 0 aromatic carbocycles. The van der Waals surface area contributed by atoms with E-state index in [-0.39, 0.29) is 12.0 Å². The zero-order valence-corrected chi connectivity index (χ0v) is 10.9.